The third kappa shape index (κ3) is 2.92. The smallest absolute Gasteiger partial charge is 0.249 e. The maximum atomic E-state index is 12.7. The molecule has 0 aliphatic carbocycles. The lowest BCUT2D eigenvalue weighted by molar-refractivity contribution is -0.119. The normalized spacial score (nSPS) is 12.2. The van der Waals surface area contributed by atoms with Crippen molar-refractivity contribution >= 4 is 11.6 Å². The molecule has 3 heterocycles. The topological polar surface area (TPSA) is 77.6 Å². The number of hydrogen-bond acceptors (Lipinski definition) is 4. The van der Waals surface area contributed by atoms with Gasteiger partial charge in [0.2, 0.25) is 5.91 Å². The van der Waals surface area contributed by atoms with Crippen LogP contribution >= 0.6 is 0 Å². The van der Waals surface area contributed by atoms with Crippen LogP contribution in [0.5, 0.6) is 0 Å². The number of imidazole rings is 1. The minimum absolute atomic E-state index is 0.145. The molecule has 1 N–H and O–H groups in total. The Labute approximate surface area is 140 Å². The number of nitrogens with one attached hydrogen (secondary N) is 1. The average molecular weight is 324 g/mol. The molecule has 0 radical (unpaired) electrons. The second kappa shape index (κ2) is 6.27. The molecule has 0 saturated heterocycles. The van der Waals surface area contributed by atoms with E-state index in [9.17, 15) is 4.79 Å². The summed E-state index contributed by atoms with van der Waals surface area (Å²) in [7, 11) is 0. The Kier molecular flexibility index (Phi) is 4.16. The Morgan fingerprint density at radius 3 is 2.62 bits per heavy atom. The van der Waals surface area contributed by atoms with Crippen LogP contribution in [0.2, 0.25) is 0 Å². The molecule has 3 aromatic rings. The second-order valence-corrected chi connectivity index (χ2v) is 5.76. The van der Waals surface area contributed by atoms with E-state index in [1.807, 2.05) is 50.6 Å². The van der Waals surface area contributed by atoms with Crippen LogP contribution in [-0.4, -0.2) is 30.2 Å². The molecule has 0 aromatic carbocycles. The van der Waals surface area contributed by atoms with Crippen LogP contribution in [0.4, 0.5) is 5.69 Å². The number of rotatable bonds is 4. The molecule has 7 heteroatoms. The van der Waals surface area contributed by atoms with Gasteiger partial charge in [0.1, 0.15) is 11.9 Å². The van der Waals surface area contributed by atoms with E-state index in [0.717, 1.165) is 17.2 Å². The van der Waals surface area contributed by atoms with Crippen LogP contribution in [0.15, 0.2) is 36.8 Å². The predicted molar refractivity (Wildman–Crippen MR) is 91.1 cm³/mol. The summed E-state index contributed by atoms with van der Waals surface area (Å²) in [6.45, 7) is 7.56. The number of nitrogens with zero attached hydrogens (tertiary/aromatic N) is 5. The molecule has 0 unspecified atom stereocenters. The van der Waals surface area contributed by atoms with Crippen LogP contribution in [0.1, 0.15) is 30.2 Å². The molecule has 3 rings (SSSR count). The van der Waals surface area contributed by atoms with E-state index in [1.54, 1.807) is 23.1 Å². The van der Waals surface area contributed by atoms with Crippen molar-refractivity contribution in [3.05, 3.63) is 54.0 Å². The van der Waals surface area contributed by atoms with Crippen LogP contribution in [0.3, 0.4) is 0 Å². The first-order chi connectivity index (χ1) is 11.5. The van der Waals surface area contributed by atoms with Crippen molar-refractivity contribution in [3.8, 4) is 5.82 Å². The third-order valence-electron chi connectivity index (χ3n) is 3.89. The zero-order valence-electron chi connectivity index (χ0n) is 14.2. The van der Waals surface area contributed by atoms with Gasteiger partial charge in [0.05, 0.1) is 11.4 Å². The van der Waals surface area contributed by atoms with Crippen molar-refractivity contribution in [3.63, 3.8) is 0 Å². The van der Waals surface area contributed by atoms with Crippen LogP contribution in [0.25, 0.3) is 5.82 Å². The third-order valence-corrected chi connectivity index (χ3v) is 3.89. The Morgan fingerprint density at radius 2 is 2.00 bits per heavy atom. The monoisotopic (exact) mass is 324 g/mol. The van der Waals surface area contributed by atoms with Crippen LogP contribution in [0, 0.1) is 20.8 Å². The highest BCUT2D eigenvalue weighted by molar-refractivity contribution is 5.94. The summed E-state index contributed by atoms with van der Waals surface area (Å²) in [4.78, 5) is 21.2. The van der Waals surface area contributed by atoms with E-state index in [0.29, 0.717) is 11.5 Å². The summed E-state index contributed by atoms with van der Waals surface area (Å²) < 4.78 is 3.56. The van der Waals surface area contributed by atoms with Crippen molar-refractivity contribution < 1.29 is 4.79 Å². The fourth-order valence-corrected chi connectivity index (χ4v) is 2.67. The fourth-order valence-electron chi connectivity index (χ4n) is 2.67. The van der Waals surface area contributed by atoms with Crippen molar-refractivity contribution in [1.29, 1.82) is 0 Å². The van der Waals surface area contributed by atoms with Crippen molar-refractivity contribution in [2.75, 3.05) is 5.32 Å². The number of aromatic nitrogens is 5. The minimum atomic E-state index is -0.421. The number of carbonyl (C=O) groups excluding carboxylic acids is 1. The van der Waals surface area contributed by atoms with Gasteiger partial charge in [-0.3, -0.25) is 14.0 Å². The van der Waals surface area contributed by atoms with Gasteiger partial charge < -0.3 is 5.32 Å². The zero-order chi connectivity index (χ0) is 17.3. The molecule has 1 atom stereocenters. The molecular formula is C17H20N6O. The van der Waals surface area contributed by atoms with Gasteiger partial charge in [-0.2, -0.15) is 5.10 Å². The standard InChI is InChI=1S/C17H20N6O/c1-11-10-12(2)23(21-11)13(3)17(24)20-15-6-5-7-19-16(15)22-9-8-18-14(22)4/h5-10,13H,1-4H3,(H,20,24)/t13-/m1/s1. The summed E-state index contributed by atoms with van der Waals surface area (Å²) in [5.41, 5.74) is 2.48. The second-order valence-electron chi connectivity index (χ2n) is 5.76. The number of amides is 1. The molecule has 0 aliphatic rings. The molecule has 0 fully saturated rings. The van der Waals surface area contributed by atoms with Gasteiger partial charge in [-0.15, -0.1) is 0 Å². The zero-order valence-corrected chi connectivity index (χ0v) is 14.2. The van der Waals surface area contributed by atoms with Gasteiger partial charge in [-0.25, -0.2) is 9.97 Å². The highest BCUT2D eigenvalue weighted by Gasteiger charge is 2.19. The molecule has 0 spiro atoms. The largest absolute Gasteiger partial charge is 0.321 e. The van der Waals surface area contributed by atoms with E-state index >= 15 is 0 Å². The SMILES string of the molecule is Cc1cc(C)n([C@H](C)C(=O)Nc2cccnc2-n2ccnc2C)n1. The number of hydrogen-bond donors (Lipinski definition) is 1. The predicted octanol–water partition coefficient (Wildman–Crippen LogP) is 2.59. The summed E-state index contributed by atoms with van der Waals surface area (Å²) in [6, 6.07) is 5.15. The van der Waals surface area contributed by atoms with Crippen LogP contribution < -0.4 is 5.32 Å². The summed E-state index contributed by atoms with van der Waals surface area (Å²) >= 11 is 0. The quantitative estimate of drug-likeness (QED) is 0.800. The van der Waals surface area contributed by atoms with Gasteiger partial charge in [-0.05, 0) is 45.9 Å². The summed E-state index contributed by atoms with van der Waals surface area (Å²) in [5.74, 6) is 1.30. The Morgan fingerprint density at radius 1 is 1.21 bits per heavy atom. The van der Waals surface area contributed by atoms with E-state index in [1.165, 1.54) is 0 Å². The molecule has 24 heavy (non-hydrogen) atoms. The first-order valence-corrected chi connectivity index (χ1v) is 7.76. The minimum Gasteiger partial charge on any atom is -0.321 e. The van der Waals surface area contributed by atoms with E-state index in [4.69, 9.17) is 0 Å². The van der Waals surface area contributed by atoms with E-state index in [-0.39, 0.29) is 5.91 Å². The lowest BCUT2D eigenvalue weighted by Gasteiger charge is -2.16. The van der Waals surface area contributed by atoms with Crippen LogP contribution in [-0.2, 0) is 4.79 Å². The maximum Gasteiger partial charge on any atom is 0.249 e. The van der Waals surface area contributed by atoms with Crippen molar-refractivity contribution in [2.45, 2.75) is 33.7 Å². The van der Waals surface area contributed by atoms with E-state index in [2.05, 4.69) is 20.4 Å². The highest BCUT2D eigenvalue weighted by Crippen LogP contribution is 2.20. The summed E-state index contributed by atoms with van der Waals surface area (Å²) in [6.07, 6.45) is 5.21. The first-order valence-electron chi connectivity index (χ1n) is 7.76. The molecule has 124 valence electrons. The van der Waals surface area contributed by atoms with Gasteiger partial charge in [0.25, 0.3) is 0 Å². The van der Waals surface area contributed by atoms with Crippen molar-refractivity contribution in [2.24, 2.45) is 0 Å². The van der Waals surface area contributed by atoms with Gasteiger partial charge in [-0.1, -0.05) is 0 Å². The molecule has 1 amide bonds. The fraction of sp³-hybridized carbons (Fsp3) is 0.294. The van der Waals surface area contributed by atoms with Gasteiger partial charge in [0.15, 0.2) is 5.82 Å². The van der Waals surface area contributed by atoms with Gasteiger partial charge >= 0.3 is 0 Å². The number of pyridine rings is 1. The Balaban J connectivity index is 1.88. The lowest BCUT2D eigenvalue weighted by atomic mass is 10.2. The Bertz CT molecular complexity index is 879. The Hall–Kier alpha value is -2.96. The summed E-state index contributed by atoms with van der Waals surface area (Å²) in [5, 5.41) is 7.33. The number of anilines is 1. The average Bonchev–Trinajstić information content (AvgIpc) is 3.12. The van der Waals surface area contributed by atoms with Crippen molar-refractivity contribution in [1.82, 2.24) is 24.3 Å². The molecule has 0 saturated carbocycles. The maximum absolute atomic E-state index is 12.7. The molecule has 0 bridgehead atoms. The van der Waals surface area contributed by atoms with Gasteiger partial charge in [0, 0.05) is 24.3 Å². The number of aryl methyl sites for hydroxylation is 3. The molecule has 7 nitrogen and oxygen atoms in total. The number of carbonyl (C=O) groups is 1. The molecule has 3 aromatic heterocycles. The molecule has 0 aliphatic heterocycles. The molecular weight excluding hydrogens is 304 g/mol. The highest BCUT2D eigenvalue weighted by atomic mass is 16.2. The lowest BCUT2D eigenvalue weighted by Crippen LogP contribution is -2.26. The first kappa shape index (κ1) is 15.9. The van der Waals surface area contributed by atoms with E-state index < -0.39 is 6.04 Å².